The van der Waals surface area contributed by atoms with E-state index in [9.17, 15) is 4.79 Å². The summed E-state index contributed by atoms with van der Waals surface area (Å²) in [6, 6.07) is 18.1. The van der Waals surface area contributed by atoms with Gasteiger partial charge in [0.15, 0.2) is 10.8 Å². The normalized spacial score (nSPS) is 11.3. The molecule has 0 spiro atoms. The molecule has 3 heterocycles. The number of rotatable bonds is 10. The summed E-state index contributed by atoms with van der Waals surface area (Å²) in [6.45, 7) is 5.42. The second-order valence-corrected chi connectivity index (χ2v) is 9.55. The van der Waals surface area contributed by atoms with Crippen LogP contribution < -0.4 is 10.1 Å². The lowest BCUT2D eigenvalue weighted by molar-refractivity contribution is -0.118. The number of aromatic nitrogens is 5. The van der Waals surface area contributed by atoms with E-state index in [1.54, 1.807) is 4.52 Å². The van der Waals surface area contributed by atoms with Crippen molar-refractivity contribution in [3.05, 3.63) is 78.1 Å². The molecule has 0 bridgehead atoms. The Kier molecular flexibility index (Phi) is 7.18. The smallest absolute Gasteiger partial charge is 0.230 e. The first-order valence-corrected chi connectivity index (χ1v) is 13.0. The fourth-order valence-electron chi connectivity index (χ4n) is 3.77. The fourth-order valence-corrected chi connectivity index (χ4v) is 4.52. The summed E-state index contributed by atoms with van der Waals surface area (Å²) < 4.78 is 9.45. The van der Waals surface area contributed by atoms with Gasteiger partial charge < -0.3 is 10.1 Å². The van der Waals surface area contributed by atoms with E-state index >= 15 is 0 Å². The highest BCUT2D eigenvalue weighted by atomic mass is 32.2. The van der Waals surface area contributed by atoms with Crippen molar-refractivity contribution in [1.82, 2.24) is 29.5 Å². The largest absolute Gasteiger partial charge is 0.494 e. The molecule has 0 unspecified atom stereocenters. The number of fused-ring (bicyclic) bond motifs is 3. The molecular formula is C27H28N6O2S. The maximum absolute atomic E-state index is 12.4. The summed E-state index contributed by atoms with van der Waals surface area (Å²) in [7, 11) is 0. The number of ether oxygens (including phenoxy) is 1. The maximum atomic E-state index is 12.4. The van der Waals surface area contributed by atoms with Gasteiger partial charge in [0.2, 0.25) is 5.91 Å². The average molecular weight is 501 g/mol. The highest BCUT2D eigenvalue weighted by Crippen LogP contribution is 2.25. The first-order valence-electron chi connectivity index (χ1n) is 12.0. The number of unbranched alkanes of at least 4 members (excludes halogenated alkanes) is 1. The van der Waals surface area contributed by atoms with Crippen molar-refractivity contribution in [2.24, 2.45) is 0 Å². The van der Waals surface area contributed by atoms with E-state index in [1.807, 2.05) is 78.3 Å². The van der Waals surface area contributed by atoms with Gasteiger partial charge in [0.25, 0.3) is 0 Å². The molecule has 5 rings (SSSR count). The molecule has 0 aliphatic rings. The van der Waals surface area contributed by atoms with Crippen molar-refractivity contribution < 1.29 is 9.53 Å². The van der Waals surface area contributed by atoms with E-state index in [0.29, 0.717) is 17.3 Å². The molecule has 0 saturated carbocycles. The van der Waals surface area contributed by atoms with Crippen LogP contribution in [0.1, 0.15) is 30.9 Å². The Morgan fingerprint density at radius 1 is 1.06 bits per heavy atom. The van der Waals surface area contributed by atoms with Crippen molar-refractivity contribution in [2.75, 3.05) is 12.4 Å². The zero-order chi connectivity index (χ0) is 24.9. The average Bonchev–Trinajstić information content (AvgIpc) is 3.52. The Balaban J connectivity index is 1.26. The third-order valence-corrected chi connectivity index (χ3v) is 6.79. The molecule has 1 amide bonds. The lowest BCUT2D eigenvalue weighted by Crippen LogP contribution is -2.24. The van der Waals surface area contributed by atoms with Crippen LogP contribution in [0.4, 0.5) is 0 Å². The van der Waals surface area contributed by atoms with Crippen LogP contribution in [0.2, 0.25) is 0 Å². The van der Waals surface area contributed by atoms with Crippen molar-refractivity contribution in [2.45, 2.75) is 38.4 Å². The Labute approximate surface area is 213 Å². The Morgan fingerprint density at radius 3 is 2.64 bits per heavy atom. The maximum Gasteiger partial charge on any atom is 0.230 e. The van der Waals surface area contributed by atoms with E-state index in [4.69, 9.17) is 9.84 Å². The van der Waals surface area contributed by atoms with Crippen molar-refractivity contribution in [3.8, 4) is 17.0 Å². The van der Waals surface area contributed by atoms with Gasteiger partial charge in [-0.05, 0) is 49.2 Å². The molecule has 1 N–H and O–H groups in total. The van der Waals surface area contributed by atoms with Crippen LogP contribution >= 0.6 is 11.8 Å². The Hall–Kier alpha value is -3.85. The fraction of sp³-hybridized carbons (Fsp3) is 0.259. The van der Waals surface area contributed by atoms with Crippen LogP contribution in [0.3, 0.4) is 0 Å². The van der Waals surface area contributed by atoms with Crippen LogP contribution in [0.5, 0.6) is 5.75 Å². The van der Waals surface area contributed by atoms with E-state index < -0.39 is 0 Å². The second kappa shape index (κ2) is 10.8. The van der Waals surface area contributed by atoms with Gasteiger partial charge in [0, 0.05) is 24.5 Å². The molecular weight excluding hydrogens is 472 g/mol. The number of hydrogen-bond donors (Lipinski definition) is 1. The molecule has 0 aliphatic heterocycles. The number of amides is 1. The number of carbonyl (C=O) groups excluding carboxylic acids is 1. The van der Waals surface area contributed by atoms with Crippen LogP contribution in [0.15, 0.2) is 72.1 Å². The SMILES string of the molecule is CCCCOc1ccc(-c2cc3c4nnc(SCC(=O)NCc5ccc(C)cc5)n4ccn3n2)cc1. The van der Waals surface area contributed by atoms with Crippen LogP contribution in [0.25, 0.3) is 22.4 Å². The van der Waals surface area contributed by atoms with Gasteiger partial charge in [-0.3, -0.25) is 9.20 Å². The van der Waals surface area contributed by atoms with Crippen LogP contribution in [0, 0.1) is 6.92 Å². The standard InChI is InChI=1S/C27H28N6O2S/c1-3-4-15-35-22-11-9-21(10-12-22)23-16-24-26-29-30-27(32(26)13-14-33(24)31-23)36-18-25(34)28-17-20-7-5-19(2)6-8-20/h5-14,16H,3-4,15,17-18H2,1-2H3,(H,28,34). The van der Waals surface area contributed by atoms with Gasteiger partial charge in [-0.1, -0.05) is 54.9 Å². The quantitative estimate of drug-likeness (QED) is 0.216. The molecule has 5 aromatic rings. The van der Waals surface area contributed by atoms with Crippen molar-refractivity contribution >= 4 is 28.8 Å². The number of carbonyl (C=O) groups is 1. The minimum absolute atomic E-state index is 0.0489. The van der Waals surface area contributed by atoms with Gasteiger partial charge in [-0.25, -0.2) is 4.52 Å². The molecule has 3 aromatic heterocycles. The van der Waals surface area contributed by atoms with E-state index in [0.717, 1.165) is 47.5 Å². The number of aryl methyl sites for hydroxylation is 1. The summed E-state index contributed by atoms with van der Waals surface area (Å²) in [6.07, 6.45) is 5.90. The van der Waals surface area contributed by atoms with Gasteiger partial charge >= 0.3 is 0 Å². The van der Waals surface area contributed by atoms with E-state index in [-0.39, 0.29) is 11.7 Å². The number of thioether (sulfide) groups is 1. The number of nitrogens with zero attached hydrogens (tertiary/aromatic N) is 5. The van der Waals surface area contributed by atoms with Crippen molar-refractivity contribution in [3.63, 3.8) is 0 Å². The molecule has 9 heteroatoms. The van der Waals surface area contributed by atoms with Gasteiger partial charge in [-0.15, -0.1) is 10.2 Å². The lowest BCUT2D eigenvalue weighted by atomic mass is 10.1. The highest BCUT2D eigenvalue weighted by Gasteiger charge is 2.14. The Morgan fingerprint density at radius 2 is 1.86 bits per heavy atom. The lowest BCUT2D eigenvalue weighted by Gasteiger charge is -2.05. The molecule has 0 saturated heterocycles. The zero-order valence-corrected chi connectivity index (χ0v) is 21.2. The number of nitrogens with one attached hydrogen (secondary N) is 1. The molecule has 0 fully saturated rings. The third kappa shape index (κ3) is 5.36. The van der Waals surface area contributed by atoms with Crippen LogP contribution in [-0.4, -0.2) is 42.5 Å². The summed E-state index contributed by atoms with van der Waals surface area (Å²) in [5.74, 6) is 1.07. The van der Waals surface area contributed by atoms with Gasteiger partial charge in [-0.2, -0.15) is 5.10 Å². The summed E-state index contributed by atoms with van der Waals surface area (Å²) >= 11 is 1.36. The van der Waals surface area contributed by atoms with Gasteiger partial charge in [0.1, 0.15) is 11.3 Å². The predicted octanol–water partition coefficient (Wildman–Crippen LogP) is 4.94. The van der Waals surface area contributed by atoms with E-state index in [2.05, 4.69) is 22.4 Å². The predicted molar refractivity (Wildman–Crippen MR) is 141 cm³/mol. The molecule has 2 aromatic carbocycles. The molecule has 8 nitrogen and oxygen atoms in total. The van der Waals surface area contributed by atoms with Crippen molar-refractivity contribution in [1.29, 1.82) is 0 Å². The number of benzene rings is 2. The third-order valence-electron chi connectivity index (χ3n) is 5.85. The van der Waals surface area contributed by atoms with Gasteiger partial charge in [0.05, 0.1) is 18.1 Å². The molecule has 184 valence electrons. The molecule has 36 heavy (non-hydrogen) atoms. The topological polar surface area (TPSA) is 85.8 Å². The first kappa shape index (κ1) is 23.9. The first-order chi connectivity index (χ1) is 17.6. The molecule has 0 atom stereocenters. The molecule has 0 radical (unpaired) electrons. The van der Waals surface area contributed by atoms with Crippen LogP contribution in [-0.2, 0) is 11.3 Å². The van der Waals surface area contributed by atoms with E-state index in [1.165, 1.54) is 17.3 Å². The number of hydrogen-bond acceptors (Lipinski definition) is 6. The molecule has 0 aliphatic carbocycles. The monoisotopic (exact) mass is 500 g/mol. The Bertz CT molecular complexity index is 1470. The minimum atomic E-state index is -0.0489. The summed E-state index contributed by atoms with van der Waals surface area (Å²) in [4.78, 5) is 12.4. The summed E-state index contributed by atoms with van der Waals surface area (Å²) in [5.41, 5.74) is 5.65. The second-order valence-electron chi connectivity index (χ2n) is 8.61. The minimum Gasteiger partial charge on any atom is -0.494 e. The summed E-state index contributed by atoms with van der Waals surface area (Å²) in [5, 5.41) is 17.0. The zero-order valence-electron chi connectivity index (χ0n) is 20.3. The highest BCUT2D eigenvalue weighted by molar-refractivity contribution is 7.99.